The number of halogens is 1. The molecule has 1 aromatic carbocycles. The van der Waals surface area contributed by atoms with E-state index < -0.39 is 10.0 Å². The van der Waals surface area contributed by atoms with Gasteiger partial charge in [0.2, 0.25) is 10.0 Å². The van der Waals surface area contributed by atoms with E-state index in [9.17, 15) is 8.42 Å². The van der Waals surface area contributed by atoms with Crippen LogP contribution in [0, 0.1) is 0 Å². The van der Waals surface area contributed by atoms with Crippen LogP contribution in [0.25, 0.3) is 10.2 Å². The lowest BCUT2D eigenvalue weighted by Gasteiger charge is -1.98. The van der Waals surface area contributed by atoms with Crippen LogP contribution in [0.15, 0.2) is 18.2 Å². The van der Waals surface area contributed by atoms with E-state index in [1.807, 2.05) is 0 Å². The largest absolute Gasteiger partial charge is 0.228 e. The molecule has 15 heavy (non-hydrogen) atoms. The highest BCUT2D eigenvalue weighted by Gasteiger charge is 2.07. The van der Waals surface area contributed by atoms with Crippen molar-refractivity contribution in [3.63, 3.8) is 0 Å². The van der Waals surface area contributed by atoms with Crippen molar-refractivity contribution in [2.24, 2.45) is 5.14 Å². The highest BCUT2D eigenvalue weighted by Crippen LogP contribution is 2.26. The molecule has 2 rings (SSSR count). The van der Waals surface area contributed by atoms with Crippen LogP contribution in [0.5, 0.6) is 0 Å². The second-order valence-corrected chi connectivity index (χ2v) is 6.30. The molecule has 1 heterocycles. The number of hydrogen-bond donors (Lipinski definition) is 1. The molecule has 1 aromatic heterocycles. The lowest BCUT2D eigenvalue weighted by Crippen LogP contribution is -2.14. The summed E-state index contributed by atoms with van der Waals surface area (Å²) in [5.41, 5.74) is 1.41. The number of fused-ring (bicyclic) bond motifs is 1. The number of primary sulfonamides is 1. The molecule has 80 valence electrons. The summed E-state index contributed by atoms with van der Waals surface area (Å²) in [4.78, 5) is 4.05. The van der Waals surface area contributed by atoms with Gasteiger partial charge in [-0.05, 0) is 17.7 Å². The van der Waals surface area contributed by atoms with Gasteiger partial charge in [0.25, 0.3) is 0 Å². The summed E-state index contributed by atoms with van der Waals surface area (Å²) in [6.07, 6.45) is 0. The standard InChI is InChI=1S/C8H7ClN2O2S2/c9-8-11-6-2-1-5(3-7(6)14-8)4-15(10,12)13/h1-3H,4H2,(H2,10,12,13). The average molecular weight is 263 g/mol. The Hall–Kier alpha value is -0.690. The minimum absolute atomic E-state index is 0.168. The van der Waals surface area contributed by atoms with E-state index in [2.05, 4.69) is 4.98 Å². The lowest BCUT2D eigenvalue weighted by molar-refractivity contribution is 0.597. The van der Waals surface area contributed by atoms with E-state index in [-0.39, 0.29) is 5.75 Å². The zero-order valence-electron chi connectivity index (χ0n) is 7.47. The predicted molar refractivity (Wildman–Crippen MR) is 61.4 cm³/mol. The van der Waals surface area contributed by atoms with Crippen molar-refractivity contribution in [2.45, 2.75) is 5.75 Å². The second kappa shape index (κ2) is 3.71. The molecule has 7 heteroatoms. The smallest absolute Gasteiger partial charge is 0.213 e. The average Bonchev–Trinajstić information content (AvgIpc) is 2.40. The van der Waals surface area contributed by atoms with E-state index in [0.717, 1.165) is 10.2 Å². The fraction of sp³-hybridized carbons (Fsp3) is 0.125. The summed E-state index contributed by atoms with van der Waals surface area (Å²) >= 11 is 7.04. The van der Waals surface area contributed by atoms with Crippen molar-refractivity contribution in [3.8, 4) is 0 Å². The molecule has 0 radical (unpaired) electrons. The van der Waals surface area contributed by atoms with Crippen molar-refractivity contribution < 1.29 is 8.42 Å². The molecule has 0 aliphatic heterocycles. The molecule has 4 nitrogen and oxygen atoms in total. The second-order valence-electron chi connectivity index (χ2n) is 3.08. The zero-order valence-corrected chi connectivity index (χ0v) is 9.86. The Kier molecular flexibility index (Phi) is 2.68. The van der Waals surface area contributed by atoms with E-state index in [4.69, 9.17) is 16.7 Å². The van der Waals surface area contributed by atoms with E-state index >= 15 is 0 Å². The van der Waals surface area contributed by atoms with Crippen LogP contribution < -0.4 is 5.14 Å². The molecule has 0 fully saturated rings. The Bertz CT molecular complexity index is 606. The van der Waals surface area contributed by atoms with Crippen LogP contribution in [0.4, 0.5) is 0 Å². The van der Waals surface area contributed by atoms with E-state index in [1.54, 1.807) is 18.2 Å². The summed E-state index contributed by atoms with van der Waals surface area (Å²) in [7, 11) is -3.49. The molecule has 0 amide bonds. The van der Waals surface area contributed by atoms with Crippen molar-refractivity contribution in [3.05, 3.63) is 28.2 Å². The molecule has 0 saturated heterocycles. The lowest BCUT2D eigenvalue weighted by atomic mass is 10.2. The highest BCUT2D eigenvalue weighted by molar-refractivity contribution is 7.88. The first-order valence-corrected chi connectivity index (χ1v) is 6.90. The predicted octanol–water partition coefficient (Wildman–Crippen LogP) is 1.74. The first-order chi connectivity index (χ1) is 6.94. The highest BCUT2D eigenvalue weighted by atomic mass is 35.5. The molecule has 0 atom stereocenters. The maximum atomic E-state index is 10.9. The number of benzene rings is 1. The number of sulfonamides is 1. The maximum Gasteiger partial charge on any atom is 0.213 e. The molecule has 2 aromatic rings. The molecule has 0 spiro atoms. The quantitative estimate of drug-likeness (QED) is 0.896. The minimum Gasteiger partial charge on any atom is -0.228 e. The van der Waals surface area contributed by atoms with Crippen LogP contribution in [0.1, 0.15) is 5.56 Å². The topological polar surface area (TPSA) is 73.1 Å². The van der Waals surface area contributed by atoms with Gasteiger partial charge in [0.1, 0.15) is 0 Å². The molecule has 0 saturated carbocycles. The van der Waals surface area contributed by atoms with Crippen LogP contribution in [0.3, 0.4) is 0 Å². The monoisotopic (exact) mass is 262 g/mol. The maximum absolute atomic E-state index is 10.9. The van der Waals surface area contributed by atoms with Gasteiger partial charge < -0.3 is 0 Å². The minimum atomic E-state index is -3.49. The first-order valence-electron chi connectivity index (χ1n) is 3.99. The zero-order chi connectivity index (χ0) is 11.1. The van der Waals surface area contributed by atoms with Crippen LogP contribution >= 0.6 is 22.9 Å². The Morgan fingerprint density at radius 2 is 2.20 bits per heavy atom. The molecular weight excluding hydrogens is 256 g/mol. The third-order valence-electron chi connectivity index (χ3n) is 1.79. The van der Waals surface area contributed by atoms with E-state index in [0.29, 0.717) is 10.0 Å². The normalized spacial score (nSPS) is 12.1. The van der Waals surface area contributed by atoms with Gasteiger partial charge in [-0.1, -0.05) is 17.7 Å². The number of nitrogens with two attached hydrogens (primary N) is 1. The van der Waals surface area contributed by atoms with Gasteiger partial charge in [-0.3, -0.25) is 0 Å². The third kappa shape index (κ3) is 2.66. The SMILES string of the molecule is NS(=O)(=O)Cc1ccc2nc(Cl)sc2c1. The first kappa shape index (κ1) is 10.8. The molecular formula is C8H7ClN2O2S2. The van der Waals surface area contributed by atoms with Gasteiger partial charge >= 0.3 is 0 Å². The Labute approximate surface area is 95.7 Å². The van der Waals surface area contributed by atoms with Gasteiger partial charge in [-0.2, -0.15) is 0 Å². The van der Waals surface area contributed by atoms with Crippen LogP contribution in [-0.4, -0.2) is 13.4 Å². The van der Waals surface area contributed by atoms with Gasteiger partial charge in [-0.15, -0.1) is 11.3 Å². The van der Waals surface area contributed by atoms with Crippen molar-refractivity contribution >= 4 is 43.2 Å². The summed E-state index contributed by atoms with van der Waals surface area (Å²) in [6, 6.07) is 5.16. The Morgan fingerprint density at radius 1 is 1.47 bits per heavy atom. The van der Waals surface area contributed by atoms with Gasteiger partial charge in [0, 0.05) is 0 Å². The number of nitrogens with zero attached hydrogens (tertiary/aromatic N) is 1. The summed E-state index contributed by atoms with van der Waals surface area (Å²) in [6.45, 7) is 0. The fourth-order valence-corrected chi connectivity index (χ4v) is 3.00. The summed E-state index contributed by atoms with van der Waals surface area (Å²) in [5, 5.41) is 4.95. The van der Waals surface area contributed by atoms with Crippen molar-refractivity contribution in [1.29, 1.82) is 0 Å². The third-order valence-corrected chi connectivity index (χ3v) is 3.65. The molecule has 0 aliphatic rings. The van der Waals surface area contributed by atoms with Gasteiger partial charge in [0.05, 0.1) is 16.0 Å². The Morgan fingerprint density at radius 3 is 2.87 bits per heavy atom. The van der Waals surface area contributed by atoms with Crippen LogP contribution in [-0.2, 0) is 15.8 Å². The molecule has 0 bridgehead atoms. The van der Waals surface area contributed by atoms with Crippen molar-refractivity contribution in [2.75, 3.05) is 0 Å². The van der Waals surface area contributed by atoms with Crippen molar-refractivity contribution in [1.82, 2.24) is 4.98 Å². The molecule has 0 aliphatic carbocycles. The fourth-order valence-electron chi connectivity index (χ4n) is 1.26. The van der Waals surface area contributed by atoms with Gasteiger partial charge in [0.15, 0.2) is 4.47 Å². The van der Waals surface area contributed by atoms with Gasteiger partial charge in [-0.25, -0.2) is 18.5 Å². The number of rotatable bonds is 2. The van der Waals surface area contributed by atoms with Crippen LogP contribution in [0.2, 0.25) is 4.47 Å². The number of thiazole rings is 1. The number of aromatic nitrogens is 1. The molecule has 0 unspecified atom stereocenters. The number of hydrogen-bond acceptors (Lipinski definition) is 4. The summed E-state index contributed by atoms with van der Waals surface area (Å²) in [5.74, 6) is -0.168. The summed E-state index contributed by atoms with van der Waals surface area (Å²) < 4.78 is 23.1. The molecule has 2 N–H and O–H groups in total. The Balaban J connectivity index is 2.47. The van der Waals surface area contributed by atoms with E-state index in [1.165, 1.54) is 11.3 Å².